The lowest BCUT2D eigenvalue weighted by Gasteiger charge is -2.22. The molecule has 0 saturated carbocycles. The van der Waals surface area contributed by atoms with Crippen LogP contribution in [-0.4, -0.2) is 35.1 Å². The van der Waals surface area contributed by atoms with Gasteiger partial charge in [-0.25, -0.2) is 4.90 Å². The van der Waals surface area contributed by atoms with Gasteiger partial charge in [-0.2, -0.15) is 0 Å². The van der Waals surface area contributed by atoms with E-state index in [4.69, 9.17) is 4.74 Å². The van der Waals surface area contributed by atoms with Crippen molar-refractivity contribution in [1.82, 2.24) is 4.90 Å². The normalized spacial score (nSPS) is 26.2. The van der Waals surface area contributed by atoms with Crippen LogP contribution in [0.15, 0.2) is 66.7 Å². The Labute approximate surface area is 198 Å². The maximum absolute atomic E-state index is 13.0. The summed E-state index contributed by atoms with van der Waals surface area (Å²) >= 11 is 0. The van der Waals surface area contributed by atoms with Crippen molar-refractivity contribution >= 4 is 29.4 Å². The Bertz CT molecular complexity index is 1170. The zero-order chi connectivity index (χ0) is 23.8. The summed E-state index contributed by atoms with van der Waals surface area (Å²) in [7, 11) is 0. The molecule has 4 atom stereocenters. The van der Waals surface area contributed by atoms with E-state index in [0.29, 0.717) is 25.2 Å². The third-order valence-electron chi connectivity index (χ3n) is 6.93. The maximum Gasteiger partial charge on any atom is 0.316 e. The largest absolute Gasteiger partial charge is 0.426 e. The smallest absolute Gasteiger partial charge is 0.316 e. The first-order valence-electron chi connectivity index (χ1n) is 11.6. The van der Waals surface area contributed by atoms with E-state index in [1.165, 1.54) is 4.90 Å². The Morgan fingerprint density at radius 3 is 2.59 bits per heavy atom. The summed E-state index contributed by atoms with van der Waals surface area (Å²) in [6.45, 7) is 2.70. The Morgan fingerprint density at radius 1 is 1.03 bits per heavy atom. The zero-order valence-corrected chi connectivity index (χ0v) is 18.9. The predicted octanol–water partition coefficient (Wildman–Crippen LogP) is 3.34. The van der Waals surface area contributed by atoms with Crippen LogP contribution >= 0.6 is 0 Å². The molecule has 0 aromatic heterocycles. The number of allylic oxidation sites excluding steroid dienone is 2. The molecule has 0 unspecified atom stereocenters. The lowest BCUT2D eigenvalue weighted by Crippen LogP contribution is -2.31. The molecule has 0 N–H and O–H groups in total. The van der Waals surface area contributed by atoms with Crippen LogP contribution < -0.4 is 9.64 Å². The van der Waals surface area contributed by atoms with Gasteiger partial charge >= 0.3 is 5.97 Å². The number of likely N-dealkylation sites (tertiary alicyclic amines) is 1. The number of carbonyl (C=O) groups excluding carboxylic acids is 4. The molecule has 7 heteroatoms. The highest BCUT2D eigenvalue weighted by atomic mass is 16.5. The number of nitrogens with zero attached hydrogens (tertiary/aromatic N) is 2. The minimum Gasteiger partial charge on any atom is -0.426 e. The molecule has 0 bridgehead atoms. The quantitative estimate of drug-likeness (QED) is 0.297. The first kappa shape index (κ1) is 22.1. The molecule has 0 spiro atoms. The molecule has 174 valence electrons. The van der Waals surface area contributed by atoms with E-state index < -0.39 is 11.9 Å². The molecular formula is C27H26N2O5. The second-order valence-electron chi connectivity index (χ2n) is 9.25. The van der Waals surface area contributed by atoms with Gasteiger partial charge < -0.3 is 9.64 Å². The third-order valence-corrected chi connectivity index (χ3v) is 6.93. The van der Waals surface area contributed by atoms with Gasteiger partial charge in [-0.05, 0) is 30.0 Å². The minimum absolute atomic E-state index is 0.0000501. The maximum atomic E-state index is 13.0. The van der Waals surface area contributed by atoms with Crippen molar-refractivity contribution in [2.45, 2.75) is 26.3 Å². The number of imide groups is 1. The van der Waals surface area contributed by atoms with Crippen molar-refractivity contribution in [3.63, 3.8) is 0 Å². The first-order valence-corrected chi connectivity index (χ1v) is 11.6. The lowest BCUT2D eigenvalue weighted by atomic mass is 9.78. The van der Waals surface area contributed by atoms with Gasteiger partial charge in [0.25, 0.3) is 0 Å². The van der Waals surface area contributed by atoms with Crippen LogP contribution in [0.5, 0.6) is 5.75 Å². The number of ether oxygens (including phenoxy) is 1. The van der Waals surface area contributed by atoms with Gasteiger partial charge in [0.1, 0.15) is 5.75 Å². The standard InChI is InChI=1S/C27H26N2O5/c1-17-7-5-12-22-24(17)26(32)29(25(22)31)20-10-6-11-21(14-20)34-27(33)19-13-23(30)28(16-19)15-18-8-3-2-4-9-18/h2-11,14,17,19,22,24H,12-13,15-16H2,1H3/t17-,19+,22+,24+/m1/s1. The number of carbonyl (C=O) groups is 4. The number of esters is 1. The lowest BCUT2D eigenvalue weighted by molar-refractivity contribution is -0.139. The minimum atomic E-state index is -0.565. The summed E-state index contributed by atoms with van der Waals surface area (Å²) in [5.41, 5.74) is 1.40. The van der Waals surface area contributed by atoms with Crippen LogP contribution in [0.25, 0.3) is 0 Å². The van der Waals surface area contributed by atoms with E-state index in [1.807, 2.05) is 49.4 Å². The van der Waals surface area contributed by atoms with Crippen molar-refractivity contribution in [2.24, 2.45) is 23.7 Å². The van der Waals surface area contributed by atoms with E-state index in [-0.39, 0.29) is 47.6 Å². The van der Waals surface area contributed by atoms with E-state index >= 15 is 0 Å². The summed E-state index contributed by atoms with van der Waals surface area (Å²) < 4.78 is 5.58. The summed E-state index contributed by atoms with van der Waals surface area (Å²) in [5, 5.41) is 0. The van der Waals surface area contributed by atoms with Crippen LogP contribution in [0.1, 0.15) is 25.3 Å². The molecule has 2 aromatic rings. The van der Waals surface area contributed by atoms with Crippen LogP contribution in [0.3, 0.4) is 0 Å². The Balaban J connectivity index is 1.27. The van der Waals surface area contributed by atoms with Gasteiger partial charge in [0.2, 0.25) is 17.7 Å². The van der Waals surface area contributed by atoms with E-state index in [1.54, 1.807) is 29.2 Å². The number of hydrogen-bond donors (Lipinski definition) is 0. The average Bonchev–Trinajstić information content (AvgIpc) is 3.32. The number of benzene rings is 2. The van der Waals surface area contributed by atoms with Crippen molar-refractivity contribution in [3.05, 3.63) is 72.3 Å². The summed E-state index contributed by atoms with van der Waals surface area (Å²) in [4.78, 5) is 54.1. The highest BCUT2D eigenvalue weighted by molar-refractivity contribution is 6.22. The molecule has 2 saturated heterocycles. The second kappa shape index (κ2) is 8.89. The van der Waals surface area contributed by atoms with Crippen LogP contribution in [0.2, 0.25) is 0 Å². The van der Waals surface area contributed by atoms with Crippen LogP contribution in [0, 0.1) is 23.7 Å². The summed E-state index contributed by atoms with van der Waals surface area (Å²) in [6.07, 6.45) is 4.60. The number of rotatable bonds is 5. The van der Waals surface area contributed by atoms with Crippen molar-refractivity contribution in [2.75, 3.05) is 11.4 Å². The van der Waals surface area contributed by atoms with Crippen molar-refractivity contribution in [1.29, 1.82) is 0 Å². The van der Waals surface area contributed by atoms with Crippen LogP contribution in [0.4, 0.5) is 5.69 Å². The zero-order valence-electron chi connectivity index (χ0n) is 18.9. The van der Waals surface area contributed by atoms with Gasteiger partial charge in [0.05, 0.1) is 23.4 Å². The average molecular weight is 459 g/mol. The molecule has 7 nitrogen and oxygen atoms in total. The molecule has 5 rings (SSSR count). The second-order valence-corrected chi connectivity index (χ2v) is 9.25. The Kier molecular flexibility index (Phi) is 5.77. The molecular weight excluding hydrogens is 432 g/mol. The molecule has 2 heterocycles. The molecule has 3 amide bonds. The molecule has 2 fully saturated rings. The number of fused-ring (bicyclic) bond motifs is 1. The first-order chi connectivity index (χ1) is 16.4. The topological polar surface area (TPSA) is 84.0 Å². The highest BCUT2D eigenvalue weighted by Crippen LogP contribution is 2.41. The molecule has 2 aliphatic heterocycles. The van der Waals surface area contributed by atoms with E-state index in [2.05, 4.69) is 0 Å². The van der Waals surface area contributed by atoms with Crippen LogP contribution in [-0.2, 0) is 25.7 Å². The SMILES string of the molecule is C[C@@H]1C=CC[C@@H]2C(=O)N(c3cccc(OC(=O)[C@H]4CC(=O)N(Cc5ccccc5)C4)c3)C(=O)[C@@H]12. The fourth-order valence-electron chi connectivity index (χ4n) is 5.17. The molecule has 2 aromatic carbocycles. The van der Waals surface area contributed by atoms with Gasteiger partial charge in [0, 0.05) is 25.6 Å². The summed E-state index contributed by atoms with van der Waals surface area (Å²) in [5.74, 6) is -2.03. The van der Waals surface area contributed by atoms with Gasteiger partial charge in [-0.15, -0.1) is 0 Å². The number of anilines is 1. The summed E-state index contributed by atoms with van der Waals surface area (Å²) in [6, 6.07) is 16.1. The predicted molar refractivity (Wildman–Crippen MR) is 124 cm³/mol. The van der Waals surface area contributed by atoms with E-state index in [0.717, 1.165) is 5.56 Å². The fourth-order valence-corrected chi connectivity index (χ4v) is 5.17. The third kappa shape index (κ3) is 4.02. The molecule has 0 radical (unpaired) electrons. The van der Waals surface area contributed by atoms with Gasteiger partial charge in [0.15, 0.2) is 0 Å². The molecule has 1 aliphatic carbocycles. The van der Waals surface area contributed by atoms with Crippen molar-refractivity contribution in [3.8, 4) is 5.75 Å². The fraction of sp³-hybridized carbons (Fsp3) is 0.333. The van der Waals surface area contributed by atoms with Gasteiger partial charge in [-0.3, -0.25) is 19.2 Å². The van der Waals surface area contributed by atoms with Crippen molar-refractivity contribution < 1.29 is 23.9 Å². The Morgan fingerprint density at radius 2 is 1.82 bits per heavy atom. The molecule has 3 aliphatic rings. The monoisotopic (exact) mass is 458 g/mol. The number of hydrogen-bond acceptors (Lipinski definition) is 5. The number of amides is 3. The van der Waals surface area contributed by atoms with Gasteiger partial charge in [-0.1, -0.05) is 55.5 Å². The highest BCUT2D eigenvalue weighted by Gasteiger charge is 2.50. The Hall–Kier alpha value is -3.74. The molecule has 34 heavy (non-hydrogen) atoms. The van der Waals surface area contributed by atoms with E-state index in [9.17, 15) is 19.2 Å².